The number of carbonyl (C=O) groups excluding carboxylic acids is 1. The van der Waals surface area contributed by atoms with E-state index in [1.165, 1.54) is 0 Å². The number of carboxylic acids is 1. The van der Waals surface area contributed by atoms with Crippen molar-refractivity contribution in [3.63, 3.8) is 0 Å². The molecule has 0 spiro atoms. The molecule has 0 bridgehead atoms. The minimum atomic E-state index is -0.904. The van der Waals surface area contributed by atoms with Gasteiger partial charge in [0.05, 0.1) is 6.42 Å². The zero-order valence-electron chi connectivity index (χ0n) is 12.1. The van der Waals surface area contributed by atoms with Crippen LogP contribution in [0.5, 0.6) is 5.75 Å². The van der Waals surface area contributed by atoms with Gasteiger partial charge in [-0.15, -0.1) is 0 Å². The molecule has 0 aliphatic carbocycles. The Bertz CT molecular complexity index is 496. The van der Waals surface area contributed by atoms with Crippen LogP contribution in [0.25, 0.3) is 0 Å². The maximum absolute atomic E-state index is 12.1. The molecule has 0 saturated carbocycles. The van der Waals surface area contributed by atoms with Gasteiger partial charge < -0.3 is 15.1 Å². The lowest BCUT2D eigenvalue weighted by atomic mass is 9.85. The molecule has 0 aromatic heterocycles. The molecule has 0 heterocycles. The number of carbonyl (C=O) groups is 2. The highest BCUT2D eigenvalue weighted by Crippen LogP contribution is 2.26. The van der Waals surface area contributed by atoms with Crippen LogP contribution >= 0.6 is 0 Å². The lowest BCUT2D eigenvalue weighted by Gasteiger charge is -2.25. The van der Waals surface area contributed by atoms with Crippen LogP contribution in [-0.2, 0) is 16.1 Å². The third-order valence-corrected chi connectivity index (χ3v) is 3.02. The second-order valence-electron chi connectivity index (χ2n) is 5.83. The number of hydrogen-bond acceptors (Lipinski definition) is 3. The molecule has 1 rings (SSSR count). The predicted molar refractivity (Wildman–Crippen MR) is 75.2 cm³/mol. The van der Waals surface area contributed by atoms with E-state index in [1.807, 2.05) is 6.07 Å². The Kier molecular flexibility index (Phi) is 5.13. The fourth-order valence-electron chi connectivity index (χ4n) is 2.03. The minimum absolute atomic E-state index is 0.0430. The molecule has 20 heavy (non-hydrogen) atoms. The Balaban J connectivity index is 2.61. The summed E-state index contributed by atoms with van der Waals surface area (Å²) in [6, 6.07) is 6.72. The van der Waals surface area contributed by atoms with Gasteiger partial charge in [-0.2, -0.15) is 0 Å². The lowest BCUT2D eigenvalue weighted by Crippen LogP contribution is -2.31. The Labute approximate surface area is 118 Å². The van der Waals surface area contributed by atoms with Crippen molar-refractivity contribution < 1.29 is 19.8 Å². The first-order valence-electron chi connectivity index (χ1n) is 6.43. The third-order valence-electron chi connectivity index (χ3n) is 3.02. The molecule has 0 saturated heterocycles. The first-order chi connectivity index (χ1) is 9.19. The number of benzene rings is 1. The smallest absolute Gasteiger partial charge is 0.303 e. The van der Waals surface area contributed by atoms with Crippen LogP contribution in [0.15, 0.2) is 24.3 Å². The van der Waals surface area contributed by atoms with Gasteiger partial charge in [0, 0.05) is 20.0 Å². The summed E-state index contributed by atoms with van der Waals surface area (Å²) >= 11 is 0. The molecular weight excluding hydrogens is 258 g/mol. The molecule has 1 aromatic carbocycles. The monoisotopic (exact) mass is 279 g/mol. The molecule has 0 radical (unpaired) electrons. The number of amides is 1. The summed E-state index contributed by atoms with van der Waals surface area (Å²) in [7, 11) is 1.67. The molecule has 0 aliphatic rings. The van der Waals surface area contributed by atoms with Gasteiger partial charge in [0.25, 0.3) is 0 Å². The van der Waals surface area contributed by atoms with E-state index in [2.05, 4.69) is 0 Å². The number of aromatic hydroxyl groups is 1. The zero-order valence-corrected chi connectivity index (χ0v) is 12.1. The van der Waals surface area contributed by atoms with Crippen LogP contribution < -0.4 is 0 Å². The van der Waals surface area contributed by atoms with Crippen LogP contribution in [0.2, 0.25) is 0 Å². The van der Waals surface area contributed by atoms with Crippen LogP contribution in [0.4, 0.5) is 0 Å². The normalized spacial score (nSPS) is 11.2. The average Bonchev–Trinajstić information content (AvgIpc) is 2.26. The molecule has 1 aromatic rings. The van der Waals surface area contributed by atoms with Crippen molar-refractivity contribution in [2.75, 3.05) is 7.05 Å². The fourth-order valence-corrected chi connectivity index (χ4v) is 2.03. The second-order valence-corrected chi connectivity index (χ2v) is 5.83. The second kappa shape index (κ2) is 6.41. The molecule has 110 valence electrons. The van der Waals surface area contributed by atoms with E-state index in [4.69, 9.17) is 5.11 Å². The van der Waals surface area contributed by atoms with Gasteiger partial charge in [-0.3, -0.25) is 9.59 Å². The number of nitrogens with zero attached hydrogens (tertiary/aromatic N) is 1. The first-order valence-corrected chi connectivity index (χ1v) is 6.43. The van der Waals surface area contributed by atoms with E-state index in [1.54, 1.807) is 44.0 Å². The summed E-state index contributed by atoms with van der Waals surface area (Å²) in [5.74, 6) is -0.854. The van der Waals surface area contributed by atoms with E-state index in [0.29, 0.717) is 6.54 Å². The van der Waals surface area contributed by atoms with E-state index < -0.39 is 11.4 Å². The third kappa shape index (κ3) is 5.30. The Morgan fingerprint density at radius 1 is 1.25 bits per heavy atom. The van der Waals surface area contributed by atoms with Gasteiger partial charge in [0.15, 0.2) is 0 Å². The molecule has 5 nitrogen and oxygen atoms in total. The summed E-state index contributed by atoms with van der Waals surface area (Å²) in [5, 5.41) is 18.2. The Hall–Kier alpha value is -2.04. The van der Waals surface area contributed by atoms with Crippen LogP contribution in [-0.4, -0.2) is 34.0 Å². The number of rotatable bonds is 6. The highest BCUT2D eigenvalue weighted by atomic mass is 16.4. The molecule has 1 amide bonds. The molecule has 2 N–H and O–H groups in total. The maximum Gasteiger partial charge on any atom is 0.303 e. The molecule has 0 fully saturated rings. The number of phenolic OH excluding ortho intramolecular Hbond substituents is 1. The van der Waals surface area contributed by atoms with Crippen molar-refractivity contribution in [1.82, 2.24) is 4.90 Å². The first kappa shape index (κ1) is 16.0. The van der Waals surface area contributed by atoms with Crippen LogP contribution in [0.1, 0.15) is 32.3 Å². The number of aliphatic carboxylic acids is 1. The summed E-state index contributed by atoms with van der Waals surface area (Å²) in [6.45, 7) is 3.92. The van der Waals surface area contributed by atoms with E-state index >= 15 is 0 Å². The SMILES string of the molecule is CN(Cc1cccc(O)c1)C(=O)CC(C)(C)CC(=O)O. The molecule has 0 atom stereocenters. The van der Waals surface area contributed by atoms with Crippen molar-refractivity contribution in [1.29, 1.82) is 0 Å². The van der Waals surface area contributed by atoms with Crippen molar-refractivity contribution in [2.24, 2.45) is 5.41 Å². The Morgan fingerprint density at radius 3 is 2.45 bits per heavy atom. The van der Waals surface area contributed by atoms with Gasteiger partial charge in [-0.1, -0.05) is 26.0 Å². The highest BCUT2D eigenvalue weighted by Gasteiger charge is 2.26. The van der Waals surface area contributed by atoms with Crippen molar-refractivity contribution >= 4 is 11.9 Å². The quantitative estimate of drug-likeness (QED) is 0.837. The van der Waals surface area contributed by atoms with Crippen molar-refractivity contribution in [3.8, 4) is 5.75 Å². The van der Waals surface area contributed by atoms with Gasteiger partial charge >= 0.3 is 5.97 Å². The molecule has 0 aliphatic heterocycles. The minimum Gasteiger partial charge on any atom is -0.508 e. The number of phenols is 1. The van der Waals surface area contributed by atoms with E-state index in [0.717, 1.165) is 5.56 Å². The van der Waals surface area contributed by atoms with E-state index in [-0.39, 0.29) is 24.5 Å². The van der Waals surface area contributed by atoms with Gasteiger partial charge in [-0.25, -0.2) is 0 Å². The average molecular weight is 279 g/mol. The van der Waals surface area contributed by atoms with Crippen molar-refractivity contribution in [2.45, 2.75) is 33.2 Å². The highest BCUT2D eigenvalue weighted by molar-refractivity contribution is 5.77. The van der Waals surface area contributed by atoms with E-state index in [9.17, 15) is 14.7 Å². The molecular formula is C15H21NO4. The lowest BCUT2D eigenvalue weighted by molar-refractivity contribution is -0.140. The molecule has 0 unspecified atom stereocenters. The van der Waals surface area contributed by atoms with Gasteiger partial charge in [0.2, 0.25) is 5.91 Å². The number of hydrogen-bond donors (Lipinski definition) is 2. The summed E-state index contributed by atoms with van der Waals surface area (Å²) in [5.41, 5.74) is 0.257. The standard InChI is InChI=1S/C15H21NO4/c1-15(2,9-14(19)20)8-13(18)16(3)10-11-5-4-6-12(17)7-11/h4-7,17H,8-10H2,1-3H3,(H,19,20). The zero-order chi connectivity index (χ0) is 15.3. The van der Waals surface area contributed by atoms with Crippen LogP contribution in [0, 0.1) is 5.41 Å². The predicted octanol–water partition coefficient (Wildman–Crippen LogP) is 2.24. The number of carboxylic acid groups (broad SMARTS) is 1. The maximum atomic E-state index is 12.1. The summed E-state index contributed by atoms with van der Waals surface area (Å²) in [4.78, 5) is 24.4. The Morgan fingerprint density at radius 2 is 1.90 bits per heavy atom. The summed E-state index contributed by atoms with van der Waals surface area (Å²) in [6.07, 6.45) is 0.132. The summed E-state index contributed by atoms with van der Waals surface area (Å²) < 4.78 is 0. The van der Waals surface area contributed by atoms with Crippen LogP contribution in [0.3, 0.4) is 0 Å². The largest absolute Gasteiger partial charge is 0.508 e. The fraction of sp³-hybridized carbons (Fsp3) is 0.467. The molecule has 5 heteroatoms. The van der Waals surface area contributed by atoms with Crippen molar-refractivity contribution in [3.05, 3.63) is 29.8 Å². The van der Waals surface area contributed by atoms with Gasteiger partial charge in [-0.05, 0) is 23.1 Å². The topological polar surface area (TPSA) is 77.8 Å². The van der Waals surface area contributed by atoms with Gasteiger partial charge in [0.1, 0.15) is 5.75 Å².